The van der Waals surface area contributed by atoms with Crippen molar-refractivity contribution in [2.45, 2.75) is 47.0 Å². The van der Waals surface area contributed by atoms with Gasteiger partial charge in [-0.1, -0.05) is 20.8 Å². The van der Waals surface area contributed by atoms with Crippen LogP contribution in [-0.2, 0) is 11.2 Å². The Balaban J connectivity index is 1.48. The van der Waals surface area contributed by atoms with Crippen molar-refractivity contribution >= 4 is 23.4 Å². The molecule has 4 heterocycles. The van der Waals surface area contributed by atoms with Gasteiger partial charge in [0, 0.05) is 69.9 Å². The van der Waals surface area contributed by atoms with Crippen LogP contribution in [-0.4, -0.2) is 82.2 Å². The molecule has 9 nitrogen and oxygen atoms in total. The van der Waals surface area contributed by atoms with E-state index in [4.69, 9.17) is 9.97 Å². The zero-order valence-corrected chi connectivity index (χ0v) is 20.7. The highest BCUT2D eigenvalue weighted by atomic mass is 16.2. The van der Waals surface area contributed by atoms with Crippen molar-refractivity contribution in [2.24, 2.45) is 11.3 Å². The van der Waals surface area contributed by atoms with Crippen LogP contribution in [0.4, 0.5) is 17.5 Å². The second-order valence-electron chi connectivity index (χ2n) is 10.8. The number of hydrogen-bond donors (Lipinski definition) is 2. The van der Waals surface area contributed by atoms with Crippen LogP contribution in [0.15, 0.2) is 12.1 Å². The number of nitrogens with one attached hydrogen (secondary N) is 2. The van der Waals surface area contributed by atoms with Crippen molar-refractivity contribution in [1.82, 2.24) is 30.0 Å². The van der Waals surface area contributed by atoms with E-state index in [1.165, 1.54) is 0 Å². The third kappa shape index (κ3) is 6.43. The Hall–Kier alpha value is -2.68. The second-order valence-corrected chi connectivity index (χ2v) is 10.8. The number of likely N-dealkylation sites (N-methyl/N-ethyl adjacent to an activating group) is 1. The maximum atomic E-state index is 12.7. The van der Waals surface area contributed by atoms with Gasteiger partial charge in [0.25, 0.3) is 0 Å². The normalized spacial score (nSPS) is 19.8. The Labute approximate surface area is 197 Å². The number of rotatable bonds is 6. The molecule has 2 aromatic rings. The molecule has 0 radical (unpaired) electrons. The van der Waals surface area contributed by atoms with Gasteiger partial charge in [0.15, 0.2) is 5.82 Å². The maximum Gasteiger partial charge on any atom is 0.223 e. The Morgan fingerprint density at radius 2 is 1.88 bits per heavy atom. The van der Waals surface area contributed by atoms with Crippen molar-refractivity contribution in [3.05, 3.63) is 23.7 Å². The minimum Gasteiger partial charge on any atom is -0.354 e. The molecule has 0 saturated carbocycles. The SMILES string of the molecule is Cc1cc(Nc2cc(N3CCN(C)CC3)nc(CC3CCN(C(=O)CC(C)(C)C)C3)n2)n[nH]1. The van der Waals surface area contributed by atoms with Gasteiger partial charge in [-0.15, -0.1) is 0 Å². The number of piperazine rings is 1. The molecule has 2 saturated heterocycles. The fourth-order valence-corrected chi connectivity index (χ4v) is 4.50. The summed E-state index contributed by atoms with van der Waals surface area (Å²) in [6.45, 7) is 13.9. The Morgan fingerprint density at radius 3 is 2.55 bits per heavy atom. The van der Waals surface area contributed by atoms with Gasteiger partial charge in [0.2, 0.25) is 5.91 Å². The van der Waals surface area contributed by atoms with E-state index in [0.29, 0.717) is 12.3 Å². The largest absolute Gasteiger partial charge is 0.354 e. The first-order valence-corrected chi connectivity index (χ1v) is 12.0. The van der Waals surface area contributed by atoms with Gasteiger partial charge in [0.05, 0.1) is 0 Å². The summed E-state index contributed by atoms with van der Waals surface area (Å²) in [6, 6.07) is 3.99. The number of amides is 1. The van der Waals surface area contributed by atoms with E-state index >= 15 is 0 Å². The summed E-state index contributed by atoms with van der Waals surface area (Å²) in [7, 11) is 2.16. The van der Waals surface area contributed by atoms with Crippen LogP contribution in [0.2, 0.25) is 0 Å². The maximum absolute atomic E-state index is 12.7. The number of carbonyl (C=O) groups is 1. The van der Waals surface area contributed by atoms with Gasteiger partial charge >= 0.3 is 0 Å². The van der Waals surface area contributed by atoms with Gasteiger partial charge in [-0.25, -0.2) is 9.97 Å². The quantitative estimate of drug-likeness (QED) is 0.693. The summed E-state index contributed by atoms with van der Waals surface area (Å²) in [4.78, 5) is 29.1. The number of likely N-dealkylation sites (tertiary alicyclic amines) is 1. The van der Waals surface area contributed by atoms with Crippen LogP contribution < -0.4 is 10.2 Å². The number of carbonyl (C=O) groups excluding carboxylic acids is 1. The number of H-pyrrole nitrogens is 1. The van der Waals surface area contributed by atoms with Crippen molar-refractivity contribution in [3.63, 3.8) is 0 Å². The number of nitrogens with zero attached hydrogens (tertiary/aromatic N) is 6. The first kappa shape index (κ1) is 23.5. The van der Waals surface area contributed by atoms with Gasteiger partial charge < -0.3 is 20.0 Å². The number of aryl methyl sites for hydroxylation is 1. The summed E-state index contributed by atoms with van der Waals surface area (Å²) >= 11 is 0. The van der Waals surface area contributed by atoms with E-state index < -0.39 is 0 Å². The Bertz CT molecular complexity index is 958. The molecule has 9 heteroatoms. The molecule has 2 aliphatic rings. The lowest BCUT2D eigenvalue weighted by Gasteiger charge is -2.33. The van der Waals surface area contributed by atoms with Gasteiger partial charge in [0.1, 0.15) is 17.5 Å². The lowest BCUT2D eigenvalue weighted by molar-refractivity contribution is -0.132. The minimum atomic E-state index is 0.0142. The van der Waals surface area contributed by atoms with Crippen LogP contribution in [0.3, 0.4) is 0 Å². The molecule has 0 aliphatic carbocycles. The summed E-state index contributed by atoms with van der Waals surface area (Å²) in [5.74, 6) is 3.95. The predicted molar refractivity (Wildman–Crippen MR) is 131 cm³/mol. The van der Waals surface area contributed by atoms with E-state index in [1.54, 1.807) is 0 Å². The standard InChI is InChI=1S/C24H38N8O/c1-17-12-21(29-28-17)26-20-14-22(31-10-8-30(5)9-11-31)27-19(25-20)13-18-6-7-32(16-18)23(33)15-24(2,3)4/h12,14,18H,6-11,13,15-16H2,1-5H3,(H2,25,26,27,28,29). The molecule has 2 aromatic heterocycles. The molecule has 0 bridgehead atoms. The number of aromatic nitrogens is 4. The molecule has 180 valence electrons. The second kappa shape index (κ2) is 9.67. The zero-order valence-electron chi connectivity index (χ0n) is 20.7. The number of hydrogen-bond acceptors (Lipinski definition) is 7. The lowest BCUT2D eigenvalue weighted by atomic mass is 9.91. The first-order chi connectivity index (χ1) is 15.6. The molecular formula is C24H38N8O. The molecular weight excluding hydrogens is 416 g/mol. The molecule has 33 heavy (non-hydrogen) atoms. The molecule has 2 aliphatic heterocycles. The summed E-state index contributed by atoms with van der Waals surface area (Å²) in [5.41, 5.74) is 1.01. The summed E-state index contributed by atoms with van der Waals surface area (Å²) in [6.07, 6.45) is 2.36. The fraction of sp³-hybridized carbons (Fsp3) is 0.667. The van der Waals surface area contributed by atoms with Gasteiger partial charge in [-0.05, 0) is 31.7 Å². The van der Waals surface area contributed by atoms with Crippen LogP contribution in [0.1, 0.15) is 45.1 Å². The minimum absolute atomic E-state index is 0.0142. The van der Waals surface area contributed by atoms with Crippen LogP contribution in [0, 0.1) is 18.3 Å². The number of anilines is 3. The van der Waals surface area contributed by atoms with Gasteiger partial charge in [-0.2, -0.15) is 5.10 Å². The highest BCUT2D eigenvalue weighted by Gasteiger charge is 2.29. The predicted octanol–water partition coefficient (Wildman–Crippen LogP) is 2.83. The Morgan fingerprint density at radius 1 is 1.12 bits per heavy atom. The van der Waals surface area contributed by atoms with Gasteiger partial charge in [-0.3, -0.25) is 9.89 Å². The van der Waals surface area contributed by atoms with Crippen molar-refractivity contribution in [2.75, 3.05) is 56.5 Å². The average Bonchev–Trinajstić information content (AvgIpc) is 3.36. The van der Waals surface area contributed by atoms with Crippen molar-refractivity contribution in [1.29, 1.82) is 0 Å². The van der Waals surface area contributed by atoms with Crippen molar-refractivity contribution < 1.29 is 4.79 Å². The smallest absolute Gasteiger partial charge is 0.223 e. The molecule has 2 fully saturated rings. The molecule has 1 unspecified atom stereocenters. The van der Waals surface area contributed by atoms with Crippen LogP contribution in [0.25, 0.3) is 0 Å². The Kier molecular flexibility index (Phi) is 6.88. The summed E-state index contributed by atoms with van der Waals surface area (Å²) in [5, 5.41) is 10.6. The molecule has 2 N–H and O–H groups in total. The van der Waals surface area contributed by atoms with Crippen LogP contribution >= 0.6 is 0 Å². The molecule has 1 amide bonds. The highest BCUT2D eigenvalue weighted by Crippen LogP contribution is 2.27. The van der Waals surface area contributed by atoms with E-state index in [2.05, 4.69) is 53.1 Å². The highest BCUT2D eigenvalue weighted by molar-refractivity contribution is 5.77. The third-order valence-corrected chi connectivity index (χ3v) is 6.34. The van der Waals surface area contributed by atoms with Crippen LogP contribution in [0.5, 0.6) is 0 Å². The number of aromatic amines is 1. The van der Waals surface area contributed by atoms with E-state index in [9.17, 15) is 4.79 Å². The topological polar surface area (TPSA) is 93.3 Å². The average molecular weight is 455 g/mol. The zero-order chi connectivity index (χ0) is 23.6. The third-order valence-electron chi connectivity index (χ3n) is 6.34. The van der Waals surface area contributed by atoms with E-state index in [-0.39, 0.29) is 11.3 Å². The molecule has 0 aromatic carbocycles. The van der Waals surface area contributed by atoms with E-state index in [0.717, 1.165) is 81.1 Å². The molecule has 1 atom stereocenters. The first-order valence-electron chi connectivity index (χ1n) is 12.0. The van der Waals surface area contributed by atoms with Crippen molar-refractivity contribution in [3.8, 4) is 0 Å². The molecule has 4 rings (SSSR count). The monoisotopic (exact) mass is 454 g/mol. The summed E-state index contributed by atoms with van der Waals surface area (Å²) < 4.78 is 0. The lowest BCUT2D eigenvalue weighted by Crippen LogP contribution is -2.45. The van der Waals surface area contributed by atoms with E-state index in [1.807, 2.05) is 24.0 Å². The fourth-order valence-electron chi connectivity index (χ4n) is 4.50. The molecule has 0 spiro atoms.